The first kappa shape index (κ1) is 16.6. The van der Waals surface area contributed by atoms with E-state index in [0.717, 1.165) is 5.56 Å². The summed E-state index contributed by atoms with van der Waals surface area (Å²) in [6.45, 7) is 0.792. The molecule has 2 aliphatic heterocycles. The van der Waals surface area contributed by atoms with Crippen LogP contribution in [0.4, 0.5) is 4.39 Å². The lowest BCUT2D eigenvalue weighted by Crippen LogP contribution is -2.51. The highest BCUT2D eigenvalue weighted by molar-refractivity contribution is 6.03. The lowest BCUT2D eigenvalue weighted by Gasteiger charge is -2.40. The maximum absolute atomic E-state index is 13.4. The maximum Gasteiger partial charge on any atom is 0.256 e. The number of carbonyl (C=O) groups is 2. The molecular formula is C22H16FN3O2. The van der Waals surface area contributed by atoms with Gasteiger partial charge in [-0.2, -0.15) is 0 Å². The molecular weight excluding hydrogens is 357 g/mol. The normalized spacial score (nSPS) is 20.2. The highest BCUT2D eigenvalue weighted by Crippen LogP contribution is 2.49. The fourth-order valence-electron chi connectivity index (χ4n) is 4.35. The summed E-state index contributed by atoms with van der Waals surface area (Å²) >= 11 is 0. The zero-order valence-electron chi connectivity index (χ0n) is 14.9. The summed E-state index contributed by atoms with van der Waals surface area (Å²) in [7, 11) is 0. The van der Waals surface area contributed by atoms with Gasteiger partial charge in [0.15, 0.2) is 5.66 Å². The van der Waals surface area contributed by atoms with Crippen LogP contribution in [0.15, 0.2) is 73.1 Å². The molecule has 0 bridgehead atoms. The molecule has 0 spiro atoms. The molecule has 1 unspecified atom stereocenters. The van der Waals surface area contributed by atoms with E-state index in [1.54, 1.807) is 28.3 Å². The standard InChI is InChI=1S/C22H16FN3O2/c23-17-8-6-15(7-9-17)20(27)25-12-13-26-21(28)18-10-11-24-14-19(18)22(25,26)16-4-2-1-3-5-16/h1-11,14H,12-13H2. The van der Waals surface area contributed by atoms with Gasteiger partial charge in [-0.15, -0.1) is 0 Å². The number of hydrogen-bond acceptors (Lipinski definition) is 3. The van der Waals surface area contributed by atoms with Crippen LogP contribution in [0.2, 0.25) is 0 Å². The van der Waals surface area contributed by atoms with Crippen LogP contribution < -0.4 is 0 Å². The lowest BCUT2D eigenvalue weighted by molar-refractivity contribution is 0.0374. The third-order valence-corrected chi connectivity index (χ3v) is 5.51. The van der Waals surface area contributed by atoms with Crippen LogP contribution in [-0.2, 0) is 5.66 Å². The van der Waals surface area contributed by atoms with Gasteiger partial charge < -0.3 is 9.80 Å². The van der Waals surface area contributed by atoms with Crippen molar-refractivity contribution in [3.63, 3.8) is 0 Å². The number of aromatic nitrogens is 1. The lowest BCUT2D eigenvalue weighted by atomic mass is 9.90. The fraction of sp³-hybridized carbons (Fsp3) is 0.136. The summed E-state index contributed by atoms with van der Waals surface area (Å²) in [6, 6.07) is 16.7. The minimum absolute atomic E-state index is 0.115. The van der Waals surface area contributed by atoms with E-state index in [4.69, 9.17) is 0 Å². The third kappa shape index (κ3) is 2.08. The Balaban J connectivity index is 1.74. The number of benzene rings is 2. The molecule has 2 amide bonds. The van der Waals surface area contributed by atoms with Crippen molar-refractivity contribution in [1.29, 1.82) is 0 Å². The molecule has 3 aromatic rings. The number of rotatable bonds is 2. The van der Waals surface area contributed by atoms with Crippen molar-refractivity contribution < 1.29 is 14.0 Å². The predicted molar refractivity (Wildman–Crippen MR) is 99.9 cm³/mol. The summed E-state index contributed by atoms with van der Waals surface area (Å²) in [5.74, 6) is -0.769. The van der Waals surface area contributed by atoms with E-state index < -0.39 is 11.5 Å². The van der Waals surface area contributed by atoms with Crippen molar-refractivity contribution in [2.45, 2.75) is 5.66 Å². The molecule has 138 valence electrons. The van der Waals surface area contributed by atoms with E-state index in [1.165, 1.54) is 24.3 Å². The van der Waals surface area contributed by atoms with E-state index >= 15 is 0 Å². The molecule has 1 atom stereocenters. The molecule has 0 radical (unpaired) electrons. The highest BCUT2D eigenvalue weighted by atomic mass is 19.1. The van der Waals surface area contributed by atoms with Crippen molar-refractivity contribution in [3.8, 4) is 0 Å². The Kier molecular flexibility index (Phi) is 3.55. The topological polar surface area (TPSA) is 53.5 Å². The maximum atomic E-state index is 13.4. The Labute approximate surface area is 161 Å². The van der Waals surface area contributed by atoms with Gasteiger partial charge in [-0.1, -0.05) is 30.3 Å². The van der Waals surface area contributed by atoms with Crippen molar-refractivity contribution in [2.24, 2.45) is 0 Å². The monoisotopic (exact) mass is 373 g/mol. The Hall–Kier alpha value is -3.54. The average molecular weight is 373 g/mol. The molecule has 1 fully saturated rings. The van der Waals surface area contributed by atoms with Crippen LogP contribution in [-0.4, -0.2) is 39.7 Å². The van der Waals surface area contributed by atoms with Crippen molar-refractivity contribution in [2.75, 3.05) is 13.1 Å². The summed E-state index contributed by atoms with van der Waals surface area (Å²) < 4.78 is 13.3. The van der Waals surface area contributed by atoms with Gasteiger partial charge in [0.05, 0.1) is 5.56 Å². The summed E-state index contributed by atoms with van der Waals surface area (Å²) in [6.07, 6.45) is 3.25. The largest absolute Gasteiger partial charge is 0.306 e. The van der Waals surface area contributed by atoms with Gasteiger partial charge in [-0.25, -0.2) is 4.39 Å². The van der Waals surface area contributed by atoms with Gasteiger partial charge in [0.2, 0.25) is 0 Å². The number of carbonyl (C=O) groups excluding carboxylic acids is 2. The SMILES string of the molecule is O=C(c1ccc(F)cc1)N1CCN2C(=O)c3ccncc3C12c1ccccc1. The number of pyridine rings is 1. The minimum atomic E-state index is -1.05. The van der Waals surface area contributed by atoms with Crippen molar-refractivity contribution >= 4 is 11.8 Å². The van der Waals surface area contributed by atoms with Gasteiger partial charge in [0.1, 0.15) is 5.82 Å². The van der Waals surface area contributed by atoms with E-state index in [2.05, 4.69) is 4.98 Å². The number of hydrogen-bond donors (Lipinski definition) is 0. The van der Waals surface area contributed by atoms with Crippen LogP contribution in [0.3, 0.4) is 0 Å². The summed E-state index contributed by atoms with van der Waals surface area (Å²) in [5.41, 5.74) is 1.40. The zero-order valence-corrected chi connectivity index (χ0v) is 14.9. The van der Waals surface area contributed by atoms with E-state index in [9.17, 15) is 14.0 Å². The molecule has 0 aliphatic carbocycles. The number of nitrogens with zero attached hydrogens (tertiary/aromatic N) is 3. The first-order chi connectivity index (χ1) is 13.6. The van der Waals surface area contributed by atoms with Crippen LogP contribution in [0.5, 0.6) is 0 Å². The second kappa shape index (κ2) is 5.99. The molecule has 2 aromatic carbocycles. The third-order valence-electron chi connectivity index (χ3n) is 5.51. The Bertz CT molecular complexity index is 1080. The molecule has 0 N–H and O–H groups in total. The van der Waals surface area contributed by atoms with E-state index in [0.29, 0.717) is 29.8 Å². The Morgan fingerprint density at radius 1 is 1.00 bits per heavy atom. The molecule has 5 rings (SSSR count). The molecule has 5 nitrogen and oxygen atoms in total. The minimum Gasteiger partial charge on any atom is -0.306 e. The summed E-state index contributed by atoms with van der Waals surface area (Å²) in [5, 5.41) is 0. The second-order valence-electron chi connectivity index (χ2n) is 6.88. The molecule has 28 heavy (non-hydrogen) atoms. The zero-order chi connectivity index (χ0) is 19.3. The van der Waals surface area contributed by atoms with Gasteiger partial charge >= 0.3 is 0 Å². The quantitative estimate of drug-likeness (QED) is 0.694. The molecule has 1 saturated heterocycles. The van der Waals surface area contributed by atoms with Crippen LogP contribution in [0.1, 0.15) is 31.8 Å². The Morgan fingerprint density at radius 3 is 2.50 bits per heavy atom. The Morgan fingerprint density at radius 2 is 1.75 bits per heavy atom. The van der Waals surface area contributed by atoms with Gasteiger partial charge in [-0.3, -0.25) is 14.6 Å². The molecule has 6 heteroatoms. The fourth-order valence-corrected chi connectivity index (χ4v) is 4.35. The second-order valence-corrected chi connectivity index (χ2v) is 6.88. The van der Waals surface area contributed by atoms with E-state index in [1.807, 2.05) is 30.3 Å². The van der Waals surface area contributed by atoms with Crippen molar-refractivity contribution in [3.05, 3.63) is 101 Å². The van der Waals surface area contributed by atoms with Gasteiger partial charge in [0.25, 0.3) is 11.8 Å². The number of amides is 2. The molecule has 3 heterocycles. The van der Waals surface area contributed by atoms with Gasteiger partial charge in [0, 0.05) is 42.2 Å². The molecule has 1 aromatic heterocycles. The summed E-state index contributed by atoms with van der Waals surface area (Å²) in [4.78, 5) is 34.2. The van der Waals surface area contributed by atoms with Crippen LogP contribution >= 0.6 is 0 Å². The number of halogens is 1. The average Bonchev–Trinajstić information content (AvgIpc) is 3.25. The van der Waals surface area contributed by atoms with Crippen LogP contribution in [0, 0.1) is 5.82 Å². The molecule has 2 aliphatic rings. The van der Waals surface area contributed by atoms with Crippen LogP contribution in [0.25, 0.3) is 0 Å². The van der Waals surface area contributed by atoms with E-state index in [-0.39, 0.29) is 11.8 Å². The first-order valence-electron chi connectivity index (χ1n) is 9.03. The first-order valence-corrected chi connectivity index (χ1v) is 9.03. The van der Waals surface area contributed by atoms with Crippen molar-refractivity contribution in [1.82, 2.24) is 14.8 Å². The van der Waals surface area contributed by atoms with Gasteiger partial charge in [-0.05, 0) is 30.3 Å². The predicted octanol–water partition coefficient (Wildman–Crippen LogP) is 3.03. The smallest absolute Gasteiger partial charge is 0.256 e. The molecule has 0 saturated carbocycles. The number of fused-ring (bicyclic) bond motifs is 3. The highest BCUT2D eigenvalue weighted by Gasteiger charge is 2.59.